The molecule has 2 rings (SSSR count). The van der Waals surface area contributed by atoms with E-state index in [1.807, 2.05) is 0 Å². The number of carbonyl (C=O) groups is 1. The molecule has 2 atom stereocenters. The van der Waals surface area contributed by atoms with Crippen LogP contribution in [0.4, 0.5) is 0 Å². The van der Waals surface area contributed by atoms with Crippen molar-refractivity contribution in [3.05, 3.63) is 0 Å². The smallest absolute Gasteiger partial charge is 0.132 e. The number of hydrogen-bond donors (Lipinski definition) is 0. The Labute approximate surface area is 66.9 Å². The fraction of sp³-hybridized carbons (Fsp3) is 0.889. The van der Waals surface area contributed by atoms with E-state index < -0.39 is 0 Å². The maximum atomic E-state index is 10.9. The molecule has 1 aliphatic carbocycles. The number of carbonyl (C=O) groups excluding carboxylic acids is 1. The van der Waals surface area contributed by atoms with Gasteiger partial charge in [0.2, 0.25) is 0 Å². The van der Waals surface area contributed by atoms with Crippen LogP contribution in [0, 0.1) is 0 Å². The van der Waals surface area contributed by atoms with Crippen molar-refractivity contribution in [2.24, 2.45) is 0 Å². The maximum absolute atomic E-state index is 10.9. The normalized spacial score (nSPS) is 41.4. The van der Waals surface area contributed by atoms with Crippen molar-refractivity contribution in [3.63, 3.8) is 0 Å². The molecule has 2 unspecified atom stereocenters. The molecule has 1 aliphatic heterocycles. The van der Waals surface area contributed by atoms with Gasteiger partial charge >= 0.3 is 0 Å². The molecule has 0 N–H and O–H groups in total. The van der Waals surface area contributed by atoms with Crippen LogP contribution in [0.3, 0.4) is 0 Å². The number of epoxide rings is 1. The van der Waals surface area contributed by atoms with E-state index in [1.165, 1.54) is 19.3 Å². The number of hydrogen-bond acceptors (Lipinski definition) is 2. The van der Waals surface area contributed by atoms with Crippen LogP contribution in [0.25, 0.3) is 0 Å². The standard InChI is InChI=1S/C9H14O2/c1-7(10)6-9-5-3-2-4-8(9)11-9/h8H,2-6H2,1H3. The summed E-state index contributed by atoms with van der Waals surface area (Å²) in [6.07, 6.45) is 5.89. The highest BCUT2D eigenvalue weighted by molar-refractivity contribution is 5.77. The van der Waals surface area contributed by atoms with Gasteiger partial charge in [0.15, 0.2) is 0 Å². The molecule has 0 aromatic heterocycles. The first-order chi connectivity index (χ1) is 5.23. The van der Waals surface area contributed by atoms with Crippen LogP contribution in [0.5, 0.6) is 0 Å². The van der Waals surface area contributed by atoms with Crippen LogP contribution in [0.1, 0.15) is 39.0 Å². The van der Waals surface area contributed by atoms with E-state index in [-0.39, 0.29) is 11.4 Å². The van der Waals surface area contributed by atoms with Gasteiger partial charge in [-0.2, -0.15) is 0 Å². The molecule has 1 heterocycles. The van der Waals surface area contributed by atoms with Gasteiger partial charge < -0.3 is 4.74 Å². The van der Waals surface area contributed by atoms with Crippen LogP contribution in [0.2, 0.25) is 0 Å². The van der Waals surface area contributed by atoms with E-state index in [0.717, 1.165) is 6.42 Å². The van der Waals surface area contributed by atoms with Crippen molar-refractivity contribution >= 4 is 5.78 Å². The zero-order valence-corrected chi connectivity index (χ0v) is 6.93. The van der Waals surface area contributed by atoms with Crippen LogP contribution in [-0.2, 0) is 9.53 Å². The summed E-state index contributed by atoms with van der Waals surface area (Å²) in [4.78, 5) is 10.9. The molecule has 0 amide bonds. The van der Waals surface area contributed by atoms with Crippen LogP contribution < -0.4 is 0 Å². The lowest BCUT2D eigenvalue weighted by atomic mass is 9.86. The average Bonchev–Trinajstić information content (AvgIpc) is 2.59. The Hall–Kier alpha value is -0.370. The first kappa shape index (κ1) is 7.29. The fourth-order valence-corrected chi connectivity index (χ4v) is 2.21. The van der Waals surface area contributed by atoms with Gasteiger partial charge in [-0.15, -0.1) is 0 Å². The summed E-state index contributed by atoms with van der Waals surface area (Å²) in [5.41, 5.74) is 0.0179. The van der Waals surface area contributed by atoms with Crippen molar-refractivity contribution in [3.8, 4) is 0 Å². The Kier molecular flexibility index (Phi) is 1.53. The van der Waals surface area contributed by atoms with Gasteiger partial charge in [0.25, 0.3) is 0 Å². The Bertz CT molecular complexity index is 188. The van der Waals surface area contributed by atoms with Crippen molar-refractivity contribution < 1.29 is 9.53 Å². The van der Waals surface area contributed by atoms with Crippen LogP contribution >= 0.6 is 0 Å². The van der Waals surface area contributed by atoms with Crippen molar-refractivity contribution in [2.75, 3.05) is 0 Å². The molecule has 0 radical (unpaired) electrons. The van der Waals surface area contributed by atoms with E-state index in [1.54, 1.807) is 6.92 Å². The van der Waals surface area contributed by atoms with Gasteiger partial charge in [-0.3, -0.25) is 4.79 Å². The lowest BCUT2D eigenvalue weighted by Gasteiger charge is -2.14. The summed E-state index contributed by atoms with van der Waals surface area (Å²) in [6, 6.07) is 0. The molecule has 2 heteroatoms. The minimum Gasteiger partial charge on any atom is -0.366 e. The predicted molar refractivity (Wildman–Crippen MR) is 41.4 cm³/mol. The maximum Gasteiger partial charge on any atom is 0.132 e. The zero-order valence-electron chi connectivity index (χ0n) is 6.93. The third-order valence-corrected chi connectivity index (χ3v) is 2.77. The molecule has 11 heavy (non-hydrogen) atoms. The molecule has 0 aromatic carbocycles. The van der Waals surface area contributed by atoms with Gasteiger partial charge in [-0.1, -0.05) is 12.8 Å². The molecule has 2 fully saturated rings. The second-order valence-corrected chi connectivity index (χ2v) is 3.80. The summed E-state index contributed by atoms with van der Waals surface area (Å²) in [7, 11) is 0. The van der Waals surface area contributed by atoms with E-state index >= 15 is 0 Å². The molecule has 62 valence electrons. The summed E-state index contributed by atoms with van der Waals surface area (Å²) in [6.45, 7) is 1.65. The van der Waals surface area contributed by atoms with Gasteiger partial charge in [0.1, 0.15) is 11.4 Å². The second-order valence-electron chi connectivity index (χ2n) is 3.80. The molecule has 2 aliphatic rings. The van der Waals surface area contributed by atoms with E-state index in [4.69, 9.17) is 4.74 Å². The summed E-state index contributed by atoms with van der Waals surface area (Å²) < 4.78 is 5.56. The molecular formula is C9H14O2. The SMILES string of the molecule is CC(=O)CC12CCCCC1O2. The topological polar surface area (TPSA) is 29.6 Å². The number of rotatable bonds is 2. The fourth-order valence-electron chi connectivity index (χ4n) is 2.21. The molecule has 1 saturated carbocycles. The van der Waals surface area contributed by atoms with Crippen molar-refractivity contribution in [2.45, 2.75) is 50.7 Å². The highest BCUT2D eigenvalue weighted by Gasteiger charge is 2.57. The number of fused-ring (bicyclic) bond motifs is 1. The Morgan fingerprint density at radius 1 is 1.64 bits per heavy atom. The molecule has 2 nitrogen and oxygen atoms in total. The van der Waals surface area contributed by atoms with Gasteiger partial charge in [-0.25, -0.2) is 0 Å². The average molecular weight is 154 g/mol. The molecule has 0 spiro atoms. The van der Waals surface area contributed by atoms with Crippen LogP contribution in [0.15, 0.2) is 0 Å². The van der Waals surface area contributed by atoms with E-state index in [2.05, 4.69) is 0 Å². The van der Waals surface area contributed by atoms with E-state index in [9.17, 15) is 4.79 Å². The zero-order chi connectivity index (χ0) is 7.90. The molecule has 1 saturated heterocycles. The largest absolute Gasteiger partial charge is 0.366 e. The van der Waals surface area contributed by atoms with Crippen molar-refractivity contribution in [1.29, 1.82) is 0 Å². The van der Waals surface area contributed by atoms with Gasteiger partial charge in [-0.05, 0) is 19.8 Å². The molecule has 0 bridgehead atoms. The first-order valence-corrected chi connectivity index (χ1v) is 4.40. The third-order valence-electron chi connectivity index (χ3n) is 2.77. The van der Waals surface area contributed by atoms with Crippen molar-refractivity contribution in [1.82, 2.24) is 0 Å². The predicted octanol–water partition coefficient (Wildman–Crippen LogP) is 1.68. The monoisotopic (exact) mass is 154 g/mol. The molecular weight excluding hydrogens is 140 g/mol. The highest BCUT2D eigenvalue weighted by Crippen LogP contribution is 2.50. The lowest BCUT2D eigenvalue weighted by Crippen LogP contribution is -2.22. The number of ether oxygens (including phenoxy) is 1. The Balaban J connectivity index is 1.96. The Morgan fingerprint density at radius 2 is 2.45 bits per heavy atom. The van der Waals surface area contributed by atoms with Gasteiger partial charge in [0.05, 0.1) is 6.10 Å². The number of Topliss-reactive ketones (excluding diaryl/α,β-unsaturated/α-hetero) is 1. The second kappa shape index (κ2) is 2.31. The quantitative estimate of drug-likeness (QED) is 0.566. The first-order valence-electron chi connectivity index (χ1n) is 4.40. The van der Waals surface area contributed by atoms with Crippen LogP contribution in [-0.4, -0.2) is 17.5 Å². The molecule has 0 aromatic rings. The van der Waals surface area contributed by atoms with E-state index in [0.29, 0.717) is 12.5 Å². The summed E-state index contributed by atoms with van der Waals surface area (Å²) in [5, 5.41) is 0. The minimum atomic E-state index is 0.0179. The highest BCUT2D eigenvalue weighted by atomic mass is 16.6. The summed E-state index contributed by atoms with van der Waals surface area (Å²) in [5.74, 6) is 0.273. The Morgan fingerprint density at radius 3 is 3.09 bits per heavy atom. The third kappa shape index (κ3) is 1.20. The lowest BCUT2D eigenvalue weighted by molar-refractivity contribution is -0.118. The summed E-state index contributed by atoms with van der Waals surface area (Å²) >= 11 is 0. The number of ketones is 1. The van der Waals surface area contributed by atoms with Gasteiger partial charge in [0, 0.05) is 6.42 Å². The minimum absolute atomic E-state index is 0.0179.